The van der Waals surface area contributed by atoms with Crippen LogP contribution in [0.5, 0.6) is 23.0 Å². The number of ether oxygens (including phenoxy) is 6. The lowest BCUT2D eigenvalue weighted by atomic mass is 9.84. The van der Waals surface area contributed by atoms with Crippen molar-refractivity contribution < 1.29 is 47.6 Å². The van der Waals surface area contributed by atoms with Crippen molar-refractivity contribution in [3.8, 4) is 23.0 Å². The van der Waals surface area contributed by atoms with Gasteiger partial charge in [0.2, 0.25) is 7.59 Å². The minimum absolute atomic E-state index is 0.218. The van der Waals surface area contributed by atoms with Gasteiger partial charge in [-0.1, -0.05) is 101 Å². The number of anilines is 2. The van der Waals surface area contributed by atoms with Crippen LogP contribution in [-0.4, -0.2) is 106 Å². The smallest absolute Gasteiger partial charge is 0.414 e. The number of methoxy groups -OCH3 is 2. The number of hydrogen-bond donors (Lipinski definition) is 0. The highest BCUT2D eigenvalue weighted by atomic mass is 35.6. The molecule has 6 rings (SSSR count). The number of amides is 4. The van der Waals surface area contributed by atoms with Crippen molar-refractivity contribution >= 4 is 105 Å². The summed E-state index contributed by atoms with van der Waals surface area (Å²) in [6.45, 7) is 9.28. The minimum Gasteiger partial charge on any atom is -0.493 e. The van der Waals surface area contributed by atoms with Crippen LogP contribution in [0.15, 0.2) is 47.8 Å². The molecule has 0 saturated carbocycles. The van der Waals surface area contributed by atoms with Crippen LogP contribution >= 0.6 is 69.6 Å². The van der Waals surface area contributed by atoms with Gasteiger partial charge in [0.1, 0.15) is 13.2 Å². The van der Waals surface area contributed by atoms with Gasteiger partial charge < -0.3 is 38.2 Å². The lowest BCUT2D eigenvalue weighted by Gasteiger charge is -2.43. The van der Waals surface area contributed by atoms with Gasteiger partial charge >= 0.3 is 12.2 Å². The van der Waals surface area contributed by atoms with Crippen LogP contribution in [-0.2, 0) is 9.47 Å². The van der Waals surface area contributed by atoms with Crippen molar-refractivity contribution in [1.82, 2.24) is 9.80 Å². The molecule has 0 fully saturated rings. The van der Waals surface area contributed by atoms with Gasteiger partial charge in [-0.2, -0.15) is 0 Å². The largest absolute Gasteiger partial charge is 0.493 e. The molecule has 0 aromatic heterocycles. The minimum atomic E-state index is -1.85. The van der Waals surface area contributed by atoms with Crippen LogP contribution in [0.1, 0.15) is 107 Å². The average Bonchev–Trinajstić information content (AvgIpc) is 3.77. The lowest BCUT2D eigenvalue weighted by molar-refractivity contribution is 0.0645. The van der Waals surface area contributed by atoms with Gasteiger partial charge in [-0.25, -0.2) is 9.59 Å². The molecule has 0 aliphatic carbocycles. The number of hydrogen-bond acceptors (Lipinski definition) is 10. The van der Waals surface area contributed by atoms with E-state index in [1.54, 1.807) is 40.3 Å². The summed E-state index contributed by atoms with van der Waals surface area (Å²) in [5.74, 6) is 0.647. The van der Waals surface area contributed by atoms with Gasteiger partial charge in [0, 0.05) is 24.5 Å². The molecule has 20 heteroatoms. The summed E-state index contributed by atoms with van der Waals surface area (Å²) in [4.78, 5) is 62.4. The quantitative estimate of drug-likeness (QED) is 0.125. The molecule has 4 heterocycles. The van der Waals surface area contributed by atoms with Gasteiger partial charge in [0.25, 0.3) is 11.8 Å². The standard InChI is InChI=1S/C45H54Cl6N4O10/c1-8-13-28-21-43(5)38(9-2)55(42(59)65-25-45(49,50)51)33-20-37(35(61-7)18-30(33)40(57)53(43)23-28)63-15-12-10-11-14-62-36-19-32-29(17-34(36)60-6)39(56)52-22-26(3)16-31(52)27(4)54(32)41(58)64-24-44(46,47)48/h17-20,22-23,27,31,38H,8-16,21,24-25H2,1-7H3. The zero-order chi connectivity index (χ0) is 47.6. The Bertz CT molecular complexity index is 2210. The first kappa shape index (κ1) is 50.7. The Balaban J connectivity index is 1.18. The van der Waals surface area contributed by atoms with Crippen molar-refractivity contribution in [3.63, 3.8) is 0 Å². The van der Waals surface area contributed by atoms with Gasteiger partial charge in [0.05, 0.1) is 73.6 Å². The molecule has 0 bridgehead atoms. The van der Waals surface area contributed by atoms with E-state index in [0.717, 1.165) is 24.0 Å². The van der Waals surface area contributed by atoms with Crippen LogP contribution < -0.4 is 28.7 Å². The van der Waals surface area contributed by atoms with E-state index < -0.39 is 50.6 Å². The Labute approximate surface area is 409 Å². The maximum absolute atomic E-state index is 14.4. The Hall–Kier alpha value is -3.66. The molecule has 2 aromatic carbocycles. The first-order valence-electron chi connectivity index (χ1n) is 21.4. The molecule has 4 amide bonds. The van der Waals surface area contributed by atoms with Crippen molar-refractivity contribution in [2.75, 3.05) is 50.4 Å². The molecule has 2 aromatic rings. The van der Waals surface area contributed by atoms with Crippen molar-refractivity contribution in [2.24, 2.45) is 0 Å². The third kappa shape index (κ3) is 11.0. The molecule has 0 saturated heterocycles. The fourth-order valence-electron chi connectivity index (χ4n) is 9.16. The second-order valence-corrected chi connectivity index (χ2v) is 21.8. The molecule has 0 N–H and O–H groups in total. The molecule has 356 valence electrons. The second kappa shape index (κ2) is 20.7. The summed E-state index contributed by atoms with van der Waals surface area (Å²) < 4.78 is 31.2. The van der Waals surface area contributed by atoms with Crippen LogP contribution in [0.25, 0.3) is 0 Å². The SMILES string of the molecule is CCCC1=CN2C(=O)c3cc(OC)c(OCCCCCOc4cc5c(cc4OC)C(=O)N4C=C(C)CC4C(C)N5C(=O)OCC(Cl)(Cl)Cl)cc3N(C(=O)OCC(Cl)(Cl)Cl)C(CC)C2(C)C1. The monoisotopic (exact) mass is 1020 g/mol. The Morgan fingerprint density at radius 2 is 1.28 bits per heavy atom. The Morgan fingerprint density at radius 1 is 0.754 bits per heavy atom. The van der Waals surface area contributed by atoms with E-state index in [9.17, 15) is 19.2 Å². The summed E-state index contributed by atoms with van der Waals surface area (Å²) in [6.07, 6.45) is 7.30. The van der Waals surface area contributed by atoms with Gasteiger partial charge in [0.15, 0.2) is 23.0 Å². The predicted octanol–water partition coefficient (Wildman–Crippen LogP) is 11.6. The highest BCUT2D eigenvalue weighted by Gasteiger charge is 2.53. The maximum Gasteiger partial charge on any atom is 0.414 e. The van der Waals surface area contributed by atoms with Gasteiger partial charge in [-0.15, -0.1) is 0 Å². The zero-order valence-electron chi connectivity index (χ0n) is 37.3. The van der Waals surface area contributed by atoms with Gasteiger partial charge in [-0.05, 0) is 77.8 Å². The fourth-order valence-corrected chi connectivity index (χ4v) is 9.49. The van der Waals surface area contributed by atoms with E-state index in [-0.39, 0.29) is 53.6 Å². The molecular weight excluding hydrogens is 969 g/mol. The third-order valence-electron chi connectivity index (χ3n) is 12.1. The fraction of sp³-hybridized carbons (Fsp3) is 0.556. The highest BCUT2D eigenvalue weighted by molar-refractivity contribution is 6.68. The van der Waals surface area contributed by atoms with E-state index in [4.69, 9.17) is 98.0 Å². The highest BCUT2D eigenvalue weighted by Crippen LogP contribution is 2.49. The average molecular weight is 1020 g/mol. The molecule has 4 unspecified atom stereocenters. The lowest BCUT2D eigenvalue weighted by Crippen LogP contribution is -2.58. The molecular formula is C45H54Cl6N4O10. The second-order valence-electron chi connectivity index (χ2n) is 16.7. The molecule has 0 spiro atoms. The normalized spacial score (nSPS) is 21.6. The number of halogens is 6. The number of nitrogens with zero attached hydrogens (tertiary/aromatic N) is 4. The van der Waals surface area contributed by atoms with E-state index in [0.29, 0.717) is 61.5 Å². The number of rotatable bonds is 15. The summed E-state index contributed by atoms with van der Waals surface area (Å²) in [5, 5.41) is 0. The maximum atomic E-state index is 14.4. The van der Waals surface area contributed by atoms with Crippen LogP contribution in [0.3, 0.4) is 0 Å². The van der Waals surface area contributed by atoms with Gasteiger partial charge in [-0.3, -0.25) is 19.4 Å². The number of carbonyl (C=O) groups is 4. The first-order valence-corrected chi connectivity index (χ1v) is 23.7. The number of benzene rings is 2. The van der Waals surface area contributed by atoms with Crippen LogP contribution in [0, 0.1) is 0 Å². The van der Waals surface area contributed by atoms with E-state index in [2.05, 4.69) is 6.92 Å². The van der Waals surface area contributed by atoms with Crippen molar-refractivity contribution in [3.05, 3.63) is 58.9 Å². The van der Waals surface area contributed by atoms with Crippen LogP contribution in [0.2, 0.25) is 0 Å². The first-order chi connectivity index (χ1) is 30.7. The number of unbranched alkanes of at least 4 members (excludes halogenated alkanes) is 2. The van der Waals surface area contributed by atoms with Crippen molar-refractivity contribution in [2.45, 2.75) is 117 Å². The number of alkyl halides is 6. The zero-order valence-corrected chi connectivity index (χ0v) is 41.9. The summed E-state index contributed by atoms with van der Waals surface area (Å²) in [5.41, 5.74) is 2.31. The Morgan fingerprint density at radius 3 is 1.78 bits per heavy atom. The molecule has 4 aliphatic heterocycles. The summed E-state index contributed by atoms with van der Waals surface area (Å²) in [6, 6.07) is 4.97. The molecule has 4 atom stereocenters. The summed E-state index contributed by atoms with van der Waals surface area (Å²) >= 11 is 35.7. The Kier molecular flexibility index (Phi) is 16.2. The van der Waals surface area contributed by atoms with Crippen LogP contribution in [0.4, 0.5) is 21.0 Å². The number of carbonyl (C=O) groups excluding carboxylic acids is 4. The topological polar surface area (TPSA) is 137 Å². The van der Waals surface area contributed by atoms with E-state index >= 15 is 0 Å². The summed E-state index contributed by atoms with van der Waals surface area (Å²) in [7, 11) is 2.95. The van der Waals surface area contributed by atoms with E-state index in [1.807, 2.05) is 33.9 Å². The molecule has 65 heavy (non-hydrogen) atoms. The predicted molar refractivity (Wildman–Crippen MR) is 253 cm³/mol. The van der Waals surface area contributed by atoms with Crippen molar-refractivity contribution in [1.29, 1.82) is 0 Å². The molecule has 4 aliphatic rings. The molecule has 0 radical (unpaired) electrons. The third-order valence-corrected chi connectivity index (χ3v) is 12.7. The van der Waals surface area contributed by atoms with E-state index in [1.165, 1.54) is 24.0 Å². The molecule has 14 nitrogen and oxygen atoms in total. The number of fused-ring (bicyclic) bond motifs is 4.